The summed E-state index contributed by atoms with van der Waals surface area (Å²) < 4.78 is 0. The average Bonchev–Trinajstić information content (AvgIpc) is 2.46. The Morgan fingerprint density at radius 2 is 1.58 bits per heavy atom. The van der Waals surface area contributed by atoms with E-state index < -0.39 is 0 Å². The summed E-state index contributed by atoms with van der Waals surface area (Å²) in [6.45, 7) is 2.15. The lowest BCUT2D eigenvalue weighted by Crippen LogP contribution is -2.33. The van der Waals surface area contributed by atoms with Gasteiger partial charge in [0.25, 0.3) is 0 Å². The molecule has 0 fully saturated rings. The van der Waals surface area contributed by atoms with Crippen LogP contribution in [-0.4, -0.2) is 10.7 Å². The molecule has 0 unspecified atom stereocenters. The maximum absolute atomic E-state index is 3.72. The molecule has 0 spiro atoms. The van der Waals surface area contributed by atoms with E-state index in [0.29, 0.717) is 0 Å². The molecule has 100 valence electrons. The van der Waals surface area contributed by atoms with Gasteiger partial charge in [-0.05, 0) is 24.5 Å². The number of halogens is 2. The van der Waals surface area contributed by atoms with Crippen LogP contribution in [0.1, 0.15) is 16.7 Å². The van der Waals surface area contributed by atoms with Crippen LogP contribution in [0.4, 0.5) is 0 Å². The maximum atomic E-state index is 3.72. The molecule has 0 heterocycles. The molecular formula is C17H18Br2. The molecule has 0 saturated heterocycles. The SMILES string of the molecule is Cc1cccc(C(CBr)(CBr)Cc2ccccc2)c1. The standard InChI is InChI=1S/C17H18Br2/c1-14-6-5-9-16(10-14)17(12-18,13-19)11-15-7-3-2-4-8-15/h2-10H,11-13H2,1H3. The Morgan fingerprint density at radius 1 is 0.895 bits per heavy atom. The van der Waals surface area contributed by atoms with Crippen molar-refractivity contribution in [2.75, 3.05) is 10.7 Å². The molecule has 2 heteroatoms. The third-order valence-corrected chi connectivity index (χ3v) is 5.67. The Labute approximate surface area is 132 Å². The van der Waals surface area contributed by atoms with Crippen LogP contribution in [-0.2, 0) is 11.8 Å². The van der Waals surface area contributed by atoms with Crippen molar-refractivity contribution < 1.29 is 0 Å². The van der Waals surface area contributed by atoms with E-state index in [1.54, 1.807) is 0 Å². The zero-order valence-electron chi connectivity index (χ0n) is 11.1. The fourth-order valence-corrected chi connectivity index (χ4v) is 4.32. The van der Waals surface area contributed by atoms with Gasteiger partial charge in [-0.1, -0.05) is 92.0 Å². The second-order valence-corrected chi connectivity index (χ2v) is 6.20. The van der Waals surface area contributed by atoms with Crippen LogP contribution in [0.5, 0.6) is 0 Å². The molecule has 0 aliphatic carbocycles. The lowest BCUT2D eigenvalue weighted by molar-refractivity contribution is 0.551. The zero-order chi connectivity index (χ0) is 13.7. The highest BCUT2D eigenvalue weighted by Gasteiger charge is 2.30. The summed E-state index contributed by atoms with van der Waals surface area (Å²) in [7, 11) is 0. The van der Waals surface area contributed by atoms with Crippen molar-refractivity contribution >= 4 is 31.9 Å². The highest BCUT2D eigenvalue weighted by Crippen LogP contribution is 2.33. The van der Waals surface area contributed by atoms with Gasteiger partial charge in [-0.15, -0.1) is 0 Å². The third-order valence-electron chi connectivity index (χ3n) is 3.53. The minimum atomic E-state index is 0.105. The van der Waals surface area contributed by atoms with Crippen LogP contribution >= 0.6 is 31.9 Å². The van der Waals surface area contributed by atoms with Gasteiger partial charge in [0.2, 0.25) is 0 Å². The molecule has 0 aliphatic rings. The molecule has 2 rings (SSSR count). The molecule has 0 atom stereocenters. The minimum Gasteiger partial charge on any atom is -0.0918 e. The predicted molar refractivity (Wildman–Crippen MR) is 90.6 cm³/mol. The van der Waals surface area contributed by atoms with Gasteiger partial charge in [0.15, 0.2) is 0 Å². The van der Waals surface area contributed by atoms with E-state index in [1.807, 2.05) is 0 Å². The Kier molecular flexibility index (Phi) is 5.23. The lowest BCUT2D eigenvalue weighted by atomic mass is 9.78. The van der Waals surface area contributed by atoms with Crippen LogP contribution in [0, 0.1) is 6.92 Å². The molecule has 2 aromatic carbocycles. The van der Waals surface area contributed by atoms with E-state index in [-0.39, 0.29) is 5.41 Å². The summed E-state index contributed by atoms with van der Waals surface area (Å²) in [5, 5.41) is 1.90. The monoisotopic (exact) mass is 380 g/mol. The van der Waals surface area contributed by atoms with E-state index in [1.165, 1.54) is 16.7 Å². The highest BCUT2D eigenvalue weighted by atomic mass is 79.9. The second kappa shape index (κ2) is 6.71. The Bertz CT molecular complexity index is 516. The van der Waals surface area contributed by atoms with E-state index in [4.69, 9.17) is 0 Å². The first kappa shape index (κ1) is 14.8. The van der Waals surface area contributed by atoms with Gasteiger partial charge in [-0.3, -0.25) is 0 Å². The van der Waals surface area contributed by atoms with Crippen molar-refractivity contribution in [1.29, 1.82) is 0 Å². The quantitative estimate of drug-likeness (QED) is 0.619. The predicted octanol–water partition coefficient (Wildman–Crippen LogP) is 5.27. The summed E-state index contributed by atoms with van der Waals surface area (Å²) in [4.78, 5) is 0. The van der Waals surface area contributed by atoms with E-state index in [0.717, 1.165) is 17.1 Å². The molecule has 0 saturated carbocycles. The van der Waals surface area contributed by atoms with Crippen molar-refractivity contribution in [2.24, 2.45) is 0 Å². The molecule has 0 radical (unpaired) electrons. The van der Waals surface area contributed by atoms with Crippen molar-refractivity contribution in [1.82, 2.24) is 0 Å². The Balaban J connectivity index is 2.37. The summed E-state index contributed by atoms with van der Waals surface area (Å²) >= 11 is 7.44. The Hall–Kier alpha value is -0.600. The number of benzene rings is 2. The molecular weight excluding hydrogens is 364 g/mol. The van der Waals surface area contributed by atoms with Crippen LogP contribution < -0.4 is 0 Å². The van der Waals surface area contributed by atoms with E-state index >= 15 is 0 Å². The lowest BCUT2D eigenvalue weighted by Gasteiger charge is -2.31. The first-order chi connectivity index (χ1) is 9.20. The van der Waals surface area contributed by atoms with Crippen LogP contribution in [0.25, 0.3) is 0 Å². The molecule has 0 N–H and O–H groups in total. The number of alkyl halides is 2. The fraction of sp³-hybridized carbons (Fsp3) is 0.294. The van der Waals surface area contributed by atoms with Crippen molar-refractivity contribution in [3.8, 4) is 0 Å². The normalized spacial score (nSPS) is 11.5. The van der Waals surface area contributed by atoms with Crippen molar-refractivity contribution in [3.05, 3.63) is 71.3 Å². The van der Waals surface area contributed by atoms with Crippen LogP contribution in [0.3, 0.4) is 0 Å². The maximum Gasteiger partial charge on any atom is 0.0187 e. The summed E-state index contributed by atoms with van der Waals surface area (Å²) in [5.74, 6) is 0. The highest BCUT2D eigenvalue weighted by molar-refractivity contribution is 9.09. The number of hydrogen-bond acceptors (Lipinski definition) is 0. The largest absolute Gasteiger partial charge is 0.0918 e. The molecule has 19 heavy (non-hydrogen) atoms. The molecule has 0 aromatic heterocycles. The van der Waals surface area contributed by atoms with Gasteiger partial charge in [0.05, 0.1) is 0 Å². The first-order valence-electron chi connectivity index (χ1n) is 6.43. The molecule has 0 amide bonds. The molecule has 0 aliphatic heterocycles. The molecule has 0 bridgehead atoms. The number of rotatable bonds is 5. The van der Waals surface area contributed by atoms with E-state index in [2.05, 4.69) is 93.4 Å². The third kappa shape index (κ3) is 3.49. The second-order valence-electron chi connectivity index (χ2n) is 5.08. The zero-order valence-corrected chi connectivity index (χ0v) is 14.2. The van der Waals surface area contributed by atoms with Gasteiger partial charge in [-0.25, -0.2) is 0 Å². The van der Waals surface area contributed by atoms with Gasteiger partial charge in [-0.2, -0.15) is 0 Å². The van der Waals surface area contributed by atoms with Crippen molar-refractivity contribution in [3.63, 3.8) is 0 Å². The smallest absolute Gasteiger partial charge is 0.0187 e. The number of hydrogen-bond donors (Lipinski definition) is 0. The molecule has 0 nitrogen and oxygen atoms in total. The summed E-state index contributed by atoms with van der Waals surface area (Å²) in [6.07, 6.45) is 1.04. The van der Waals surface area contributed by atoms with Gasteiger partial charge < -0.3 is 0 Å². The minimum absolute atomic E-state index is 0.105. The fourth-order valence-electron chi connectivity index (χ4n) is 2.35. The van der Waals surface area contributed by atoms with Crippen molar-refractivity contribution in [2.45, 2.75) is 18.8 Å². The summed E-state index contributed by atoms with van der Waals surface area (Å²) in [5.41, 5.74) is 4.19. The first-order valence-corrected chi connectivity index (χ1v) is 8.67. The number of aryl methyl sites for hydroxylation is 1. The van der Waals surface area contributed by atoms with Gasteiger partial charge in [0, 0.05) is 16.1 Å². The van der Waals surface area contributed by atoms with Gasteiger partial charge >= 0.3 is 0 Å². The molecule has 2 aromatic rings. The topological polar surface area (TPSA) is 0 Å². The van der Waals surface area contributed by atoms with Crippen LogP contribution in [0.2, 0.25) is 0 Å². The Morgan fingerprint density at radius 3 is 2.16 bits per heavy atom. The average molecular weight is 382 g/mol. The van der Waals surface area contributed by atoms with Gasteiger partial charge in [0.1, 0.15) is 0 Å². The van der Waals surface area contributed by atoms with Crippen LogP contribution in [0.15, 0.2) is 54.6 Å². The van der Waals surface area contributed by atoms with E-state index in [9.17, 15) is 0 Å². The summed E-state index contributed by atoms with van der Waals surface area (Å²) in [6, 6.07) is 19.5.